The van der Waals surface area contributed by atoms with Gasteiger partial charge in [0.25, 0.3) is 0 Å². The zero-order chi connectivity index (χ0) is 19.0. The Balaban J connectivity index is 1.35. The van der Waals surface area contributed by atoms with Crippen molar-refractivity contribution >= 4 is 17.5 Å². The first-order valence-electron chi connectivity index (χ1n) is 9.82. The van der Waals surface area contributed by atoms with E-state index in [1.807, 2.05) is 12.3 Å². The summed E-state index contributed by atoms with van der Waals surface area (Å²) < 4.78 is 0. The number of hydrogen-bond donors (Lipinski definition) is 3. The summed E-state index contributed by atoms with van der Waals surface area (Å²) >= 11 is 0. The van der Waals surface area contributed by atoms with E-state index >= 15 is 0 Å². The lowest BCUT2D eigenvalue weighted by atomic mass is 9.84. The van der Waals surface area contributed by atoms with Gasteiger partial charge in [0.1, 0.15) is 5.66 Å². The van der Waals surface area contributed by atoms with E-state index in [4.69, 9.17) is 5.73 Å². The van der Waals surface area contributed by atoms with Crippen LogP contribution in [0.15, 0.2) is 73.1 Å². The number of nitrogens with two attached hydrogens (primary N) is 1. The normalized spacial score (nSPS) is 22.2. The standard InChI is InChI=1S/C24H24N4/c25-24(22-9-7-18-5-1-2-6-21(18)22)12-11-19-14-20(8-10-23(19)28-24)27-16-17-4-3-13-26-15-17/h1-6,8,10-15,22,27-28H,7,9,16,25H2/t22?,24-/m1/s1. The number of aromatic nitrogens is 1. The maximum absolute atomic E-state index is 6.85. The molecule has 1 aliphatic heterocycles. The first-order valence-corrected chi connectivity index (χ1v) is 9.82. The summed E-state index contributed by atoms with van der Waals surface area (Å²) in [5.41, 5.74) is 13.6. The van der Waals surface area contributed by atoms with Crippen molar-refractivity contribution in [3.05, 3.63) is 95.3 Å². The molecule has 4 N–H and O–H groups in total. The topological polar surface area (TPSA) is 63.0 Å². The van der Waals surface area contributed by atoms with Crippen LogP contribution in [0.3, 0.4) is 0 Å². The number of aryl methyl sites for hydroxylation is 1. The van der Waals surface area contributed by atoms with Crippen molar-refractivity contribution in [2.75, 3.05) is 10.6 Å². The smallest absolute Gasteiger partial charge is 0.112 e. The second-order valence-electron chi connectivity index (χ2n) is 7.70. The molecule has 4 nitrogen and oxygen atoms in total. The molecule has 2 heterocycles. The molecule has 0 spiro atoms. The van der Waals surface area contributed by atoms with Gasteiger partial charge in [-0.25, -0.2) is 0 Å². The lowest BCUT2D eigenvalue weighted by molar-refractivity contribution is 0.468. The molecule has 140 valence electrons. The van der Waals surface area contributed by atoms with Gasteiger partial charge in [0, 0.05) is 36.2 Å². The van der Waals surface area contributed by atoms with Gasteiger partial charge in [-0.15, -0.1) is 0 Å². The largest absolute Gasteiger partial charge is 0.381 e. The van der Waals surface area contributed by atoms with Gasteiger partial charge < -0.3 is 16.4 Å². The molecule has 0 bridgehead atoms. The van der Waals surface area contributed by atoms with Gasteiger partial charge >= 0.3 is 0 Å². The van der Waals surface area contributed by atoms with Crippen LogP contribution in [0.5, 0.6) is 0 Å². The molecule has 1 unspecified atom stereocenters. The Morgan fingerprint density at radius 1 is 1.14 bits per heavy atom. The van der Waals surface area contributed by atoms with E-state index in [1.165, 1.54) is 11.1 Å². The van der Waals surface area contributed by atoms with Crippen LogP contribution < -0.4 is 16.4 Å². The van der Waals surface area contributed by atoms with Crippen LogP contribution in [0.4, 0.5) is 11.4 Å². The first kappa shape index (κ1) is 17.0. The lowest BCUT2D eigenvalue weighted by Crippen LogP contribution is -2.51. The molecule has 0 saturated carbocycles. The van der Waals surface area contributed by atoms with E-state index in [0.717, 1.165) is 41.9 Å². The highest BCUT2D eigenvalue weighted by atomic mass is 15.1. The monoisotopic (exact) mass is 368 g/mol. The fraction of sp³-hybridized carbons (Fsp3) is 0.208. The van der Waals surface area contributed by atoms with Crippen molar-refractivity contribution in [2.24, 2.45) is 5.73 Å². The van der Waals surface area contributed by atoms with E-state index in [-0.39, 0.29) is 5.92 Å². The van der Waals surface area contributed by atoms with E-state index in [0.29, 0.717) is 0 Å². The van der Waals surface area contributed by atoms with Gasteiger partial charge in [0.05, 0.1) is 0 Å². The summed E-state index contributed by atoms with van der Waals surface area (Å²) in [6.07, 6.45) is 10.1. The third kappa shape index (κ3) is 3.06. The van der Waals surface area contributed by atoms with E-state index in [2.05, 4.69) is 76.3 Å². The van der Waals surface area contributed by atoms with Crippen LogP contribution in [0.2, 0.25) is 0 Å². The van der Waals surface area contributed by atoms with E-state index in [1.54, 1.807) is 6.20 Å². The summed E-state index contributed by atoms with van der Waals surface area (Å²) in [6.45, 7) is 0.753. The Morgan fingerprint density at radius 2 is 2.07 bits per heavy atom. The minimum Gasteiger partial charge on any atom is -0.381 e. The number of anilines is 2. The minimum atomic E-state index is -0.551. The molecule has 3 aromatic rings. The summed E-state index contributed by atoms with van der Waals surface area (Å²) in [6, 6.07) is 19.1. The van der Waals surface area contributed by atoms with Gasteiger partial charge in [-0.05, 0) is 65.4 Å². The van der Waals surface area contributed by atoms with Crippen molar-refractivity contribution in [3.63, 3.8) is 0 Å². The lowest BCUT2D eigenvalue weighted by Gasteiger charge is -2.38. The molecule has 1 aliphatic carbocycles. The summed E-state index contributed by atoms with van der Waals surface area (Å²) in [7, 11) is 0. The molecule has 2 aromatic carbocycles. The molecular formula is C24H24N4. The maximum Gasteiger partial charge on any atom is 0.112 e. The van der Waals surface area contributed by atoms with Crippen LogP contribution in [-0.4, -0.2) is 10.6 Å². The number of nitrogens with zero attached hydrogens (tertiary/aromatic N) is 1. The van der Waals surface area contributed by atoms with Gasteiger partial charge in [-0.2, -0.15) is 0 Å². The summed E-state index contributed by atoms with van der Waals surface area (Å²) in [5.74, 6) is 0.288. The van der Waals surface area contributed by atoms with Crippen LogP contribution in [0.25, 0.3) is 6.08 Å². The molecule has 0 fully saturated rings. The Labute approximate surface area is 165 Å². The number of rotatable bonds is 4. The zero-order valence-corrected chi connectivity index (χ0v) is 15.7. The summed E-state index contributed by atoms with van der Waals surface area (Å²) in [5, 5.41) is 7.08. The number of fused-ring (bicyclic) bond motifs is 2. The molecule has 0 amide bonds. The molecule has 4 heteroatoms. The van der Waals surface area contributed by atoms with Gasteiger partial charge in [0.15, 0.2) is 0 Å². The third-order valence-corrected chi connectivity index (χ3v) is 5.87. The fourth-order valence-electron chi connectivity index (χ4n) is 4.39. The SMILES string of the molecule is N[C@]1(C2CCc3ccccc32)C=Cc2cc(NCc3cccnc3)ccc2N1. The van der Waals surface area contributed by atoms with E-state index < -0.39 is 5.66 Å². The molecule has 0 radical (unpaired) electrons. The Bertz CT molecular complexity index is 1030. The average Bonchev–Trinajstić information content (AvgIpc) is 3.18. The Kier molecular flexibility index (Phi) is 4.14. The fourth-order valence-corrected chi connectivity index (χ4v) is 4.39. The highest BCUT2D eigenvalue weighted by Crippen LogP contribution is 2.43. The van der Waals surface area contributed by atoms with Crippen LogP contribution >= 0.6 is 0 Å². The van der Waals surface area contributed by atoms with Crippen molar-refractivity contribution in [3.8, 4) is 0 Å². The van der Waals surface area contributed by atoms with Crippen LogP contribution in [0.1, 0.15) is 34.6 Å². The van der Waals surface area contributed by atoms with E-state index in [9.17, 15) is 0 Å². The highest BCUT2D eigenvalue weighted by Gasteiger charge is 2.39. The molecule has 1 aromatic heterocycles. The first-order chi connectivity index (χ1) is 13.7. The average molecular weight is 368 g/mol. The second-order valence-corrected chi connectivity index (χ2v) is 7.70. The highest BCUT2D eigenvalue weighted by molar-refractivity contribution is 5.76. The van der Waals surface area contributed by atoms with Crippen molar-refractivity contribution in [1.29, 1.82) is 0 Å². The molecule has 0 saturated heterocycles. The maximum atomic E-state index is 6.85. The van der Waals surface area contributed by atoms with Gasteiger partial charge in [0.2, 0.25) is 0 Å². The van der Waals surface area contributed by atoms with Gasteiger partial charge in [-0.3, -0.25) is 4.98 Å². The van der Waals surface area contributed by atoms with Crippen molar-refractivity contribution in [1.82, 2.24) is 4.98 Å². The zero-order valence-electron chi connectivity index (χ0n) is 15.7. The Morgan fingerprint density at radius 3 is 2.96 bits per heavy atom. The minimum absolute atomic E-state index is 0.288. The van der Waals surface area contributed by atoms with Crippen molar-refractivity contribution < 1.29 is 0 Å². The number of benzene rings is 2. The molecule has 2 aliphatic rings. The number of pyridine rings is 1. The van der Waals surface area contributed by atoms with Crippen LogP contribution in [-0.2, 0) is 13.0 Å². The third-order valence-electron chi connectivity index (χ3n) is 5.87. The quantitative estimate of drug-likeness (QED) is 0.634. The molecule has 28 heavy (non-hydrogen) atoms. The Hall–Kier alpha value is -3.11. The number of nitrogens with one attached hydrogen (secondary N) is 2. The predicted octanol–water partition coefficient (Wildman–Crippen LogP) is 4.52. The van der Waals surface area contributed by atoms with Gasteiger partial charge in [-0.1, -0.05) is 36.4 Å². The van der Waals surface area contributed by atoms with Crippen LogP contribution in [0, 0.1) is 0 Å². The number of hydrogen-bond acceptors (Lipinski definition) is 4. The van der Waals surface area contributed by atoms with Crippen molar-refractivity contribution in [2.45, 2.75) is 31.0 Å². The molecular weight excluding hydrogens is 344 g/mol. The second kappa shape index (κ2) is 6.80. The molecule has 5 rings (SSSR count). The summed E-state index contributed by atoms with van der Waals surface area (Å²) in [4.78, 5) is 4.16. The predicted molar refractivity (Wildman–Crippen MR) is 115 cm³/mol. The molecule has 2 atom stereocenters.